The van der Waals surface area contributed by atoms with E-state index < -0.39 is 35.4 Å². The Balaban J connectivity index is 2.08. The van der Waals surface area contributed by atoms with Gasteiger partial charge in [0.2, 0.25) is 0 Å². The second-order valence-corrected chi connectivity index (χ2v) is 5.56. The van der Waals surface area contributed by atoms with Crippen molar-refractivity contribution in [2.75, 3.05) is 0 Å². The molecule has 0 fully saturated rings. The van der Waals surface area contributed by atoms with Gasteiger partial charge in [0, 0.05) is 5.56 Å². The van der Waals surface area contributed by atoms with Crippen LogP contribution in [0.4, 0.5) is 13.2 Å². The lowest BCUT2D eigenvalue weighted by atomic mass is 10.1. The number of aromatic nitrogens is 2. The van der Waals surface area contributed by atoms with Gasteiger partial charge in [0.05, 0.1) is 5.69 Å². The summed E-state index contributed by atoms with van der Waals surface area (Å²) in [4.78, 5) is 15.7. The summed E-state index contributed by atoms with van der Waals surface area (Å²) in [6.07, 6.45) is -4.87. The fraction of sp³-hybridized carbons (Fsp3) is 0.200. The molecule has 0 radical (unpaired) electrons. The molecule has 0 bridgehead atoms. The lowest BCUT2D eigenvalue weighted by molar-refractivity contribution is -0.480. The largest absolute Gasteiger partial charge is 0.573 e. The van der Waals surface area contributed by atoms with Crippen LogP contribution in [-0.4, -0.2) is 47.4 Å². The van der Waals surface area contributed by atoms with Crippen LogP contribution in [0.2, 0.25) is 0 Å². The van der Waals surface area contributed by atoms with Crippen LogP contribution in [-0.2, 0) is 5.91 Å². The van der Waals surface area contributed by atoms with E-state index in [0.717, 1.165) is 12.1 Å². The maximum atomic E-state index is 12.2. The van der Waals surface area contributed by atoms with Crippen LogP contribution < -0.4 is 10.5 Å². The van der Waals surface area contributed by atoms with Crippen molar-refractivity contribution in [2.24, 2.45) is 0 Å². The Morgan fingerprint density at radius 1 is 0.964 bits per heavy atom. The molecular weight excluding hydrogens is 393 g/mol. The number of alkyl halides is 3. The molecule has 0 amide bonds. The van der Waals surface area contributed by atoms with Crippen LogP contribution in [0.15, 0.2) is 45.6 Å². The Morgan fingerprint density at radius 2 is 1.57 bits per heavy atom. The van der Waals surface area contributed by atoms with Crippen molar-refractivity contribution in [3.8, 4) is 17.0 Å². The first-order valence-corrected chi connectivity index (χ1v) is 7.31. The molecule has 3 aromatic rings. The smallest absolute Gasteiger partial charge is 0.406 e. The van der Waals surface area contributed by atoms with Crippen molar-refractivity contribution in [1.29, 1.82) is 0 Å². The molecule has 0 saturated heterocycles. The maximum Gasteiger partial charge on any atom is 0.573 e. The molecule has 0 spiro atoms. The van der Waals surface area contributed by atoms with E-state index in [2.05, 4.69) is 9.72 Å². The Hall–Kier alpha value is -2.97. The molecule has 0 atom stereocenters. The predicted octanol–water partition coefficient (Wildman–Crippen LogP) is -0.219. The maximum absolute atomic E-state index is 12.2. The molecule has 5 N–H and O–H groups in total. The number of oxazole rings is 1. The van der Waals surface area contributed by atoms with Crippen LogP contribution in [0.5, 0.6) is 5.75 Å². The van der Waals surface area contributed by atoms with E-state index in [0.29, 0.717) is 0 Å². The summed E-state index contributed by atoms with van der Waals surface area (Å²) in [6.45, 7) is 0. The van der Waals surface area contributed by atoms with Crippen molar-refractivity contribution in [2.45, 2.75) is 18.2 Å². The van der Waals surface area contributed by atoms with Crippen LogP contribution in [0.25, 0.3) is 22.5 Å². The number of halogens is 3. The minimum Gasteiger partial charge on any atom is -0.406 e. The number of rotatable bonds is 4. The molecule has 13 heteroatoms. The molecular formula is C15H11F3N2O8. The van der Waals surface area contributed by atoms with Crippen LogP contribution >= 0.6 is 0 Å². The summed E-state index contributed by atoms with van der Waals surface area (Å²) in [5, 5.41) is 46.7. The first-order valence-electron chi connectivity index (χ1n) is 7.31. The molecule has 2 aromatic heterocycles. The van der Waals surface area contributed by atoms with E-state index in [4.69, 9.17) is 19.7 Å². The van der Waals surface area contributed by atoms with Crippen molar-refractivity contribution in [3.05, 3.63) is 46.9 Å². The van der Waals surface area contributed by atoms with Gasteiger partial charge in [-0.3, -0.25) is 0 Å². The summed E-state index contributed by atoms with van der Waals surface area (Å²) in [5.74, 6) is -10.1. The number of pyridine rings is 1. The summed E-state index contributed by atoms with van der Waals surface area (Å²) in [6, 6.07) is 6.88. The summed E-state index contributed by atoms with van der Waals surface area (Å²) in [5.41, 5.74) is -0.621. The molecule has 0 aliphatic heterocycles. The van der Waals surface area contributed by atoms with Crippen LogP contribution in [0.3, 0.4) is 0 Å². The molecule has 0 saturated carbocycles. The highest BCUT2D eigenvalue weighted by molar-refractivity contribution is 5.74. The highest BCUT2D eigenvalue weighted by atomic mass is 19.4. The molecule has 0 aliphatic carbocycles. The third kappa shape index (κ3) is 3.56. The number of ether oxygens (including phenoxy) is 1. The zero-order chi connectivity index (χ0) is 20.9. The Labute approximate surface area is 151 Å². The first-order chi connectivity index (χ1) is 12.8. The quantitative estimate of drug-likeness (QED) is 0.371. The molecule has 0 aliphatic rings. The molecule has 150 valence electrons. The van der Waals surface area contributed by atoms with Crippen molar-refractivity contribution >= 4 is 11.2 Å². The minimum atomic E-state index is -4.87. The van der Waals surface area contributed by atoms with Crippen molar-refractivity contribution < 1.29 is 47.9 Å². The summed E-state index contributed by atoms with van der Waals surface area (Å²) >= 11 is 0. The topological polar surface area (TPSA) is 158 Å². The summed E-state index contributed by atoms with van der Waals surface area (Å²) < 4.78 is 44.9. The number of fused-ring (bicyclic) bond motifs is 1. The van der Waals surface area contributed by atoms with Crippen molar-refractivity contribution in [3.63, 3.8) is 0 Å². The second kappa shape index (κ2) is 6.29. The lowest BCUT2D eigenvalue weighted by Crippen LogP contribution is -2.58. The molecule has 1 aromatic carbocycles. The van der Waals surface area contributed by atoms with Gasteiger partial charge in [0.1, 0.15) is 5.75 Å². The minimum absolute atomic E-state index is 0.0378. The Morgan fingerprint density at radius 3 is 2.11 bits per heavy atom. The highest BCUT2D eigenvalue weighted by Crippen LogP contribution is 2.28. The zero-order valence-corrected chi connectivity index (χ0v) is 13.5. The van der Waals surface area contributed by atoms with Gasteiger partial charge in [0.15, 0.2) is 11.2 Å². The highest BCUT2D eigenvalue weighted by Gasteiger charge is 2.51. The Bertz CT molecular complexity index is 1060. The monoisotopic (exact) mass is 404 g/mol. The summed E-state index contributed by atoms with van der Waals surface area (Å²) in [7, 11) is 0. The SMILES string of the molecule is O=c1oc2ccc(-c3ccc(OC(F)(F)F)cc3)nc2n1C(O)(O)C(O)(O)O. The molecule has 10 nitrogen and oxygen atoms in total. The van der Waals surface area contributed by atoms with E-state index in [1.165, 1.54) is 24.3 Å². The lowest BCUT2D eigenvalue weighted by Gasteiger charge is -2.29. The third-order valence-corrected chi connectivity index (χ3v) is 3.58. The van der Waals surface area contributed by atoms with Gasteiger partial charge in [-0.25, -0.2) is 9.78 Å². The van der Waals surface area contributed by atoms with E-state index in [1.807, 2.05) is 0 Å². The van der Waals surface area contributed by atoms with Gasteiger partial charge in [-0.1, -0.05) is 0 Å². The number of benzene rings is 1. The number of hydrogen-bond acceptors (Lipinski definition) is 9. The predicted molar refractivity (Wildman–Crippen MR) is 82.2 cm³/mol. The average Bonchev–Trinajstić information content (AvgIpc) is 2.88. The van der Waals surface area contributed by atoms with Crippen LogP contribution in [0, 0.1) is 0 Å². The normalized spacial score (nSPS) is 13.1. The van der Waals surface area contributed by atoms with E-state index >= 15 is 0 Å². The third-order valence-electron chi connectivity index (χ3n) is 3.58. The van der Waals surface area contributed by atoms with Gasteiger partial charge in [-0.2, -0.15) is 4.57 Å². The van der Waals surface area contributed by atoms with E-state index in [1.54, 1.807) is 0 Å². The van der Waals surface area contributed by atoms with E-state index in [9.17, 15) is 28.2 Å². The molecule has 0 unspecified atom stereocenters. The second-order valence-electron chi connectivity index (χ2n) is 5.56. The van der Waals surface area contributed by atoms with Gasteiger partial charge >= 0.3 is 24.0 Å². The Kier molecular flexibility index (Phi) is 4.44. The van der Waals surface area contributed by atoms with Gasteiger partial charge in [0.25, 0.3) is 0 Å². The van der Waals surface area contributed by atoms with Crippen LogP contribution in [0.1, 0.15) is 0 Å². The van der Waals surface area contributed by atoms with Gasteiger partial charge in [-0.05, 0) is 36.4 Å². The fourth-order valence-electron chi connectivity index (χ4n) is 2.31. The van der Waals surface area contributed by atoms with Crippen molar-refractivity contribution in [1.82, 2.24) is 9.55 Å². The molecule has 2 heterocycles. The average molecular weight is 404 g/mol. The first kappa shape index (κ1) is 19.8. The van der Waals surface area contributed by atoms with E-state index in [-0.39, 0.29) is 21.4 Å². The fourth-order valence-corrected chi connectivity index (χ4v) is 2.31. The van der Waals surface area contributed by atoms with Gasteiger partial charge < -0.3 is 34.7 Å². The zero-order valence-electron chi connectivity index (χ0n) is 13.5. The standard InChI is InChI=1S/C15H11F3N2O8/c16-15(17,18)28-8-3-1-7(2-4-8)9-5-6-10-11(19-9)20(12(21)27-10)13(22,23)14(24,25)26/h1-6,22-26H. The number of nitrogens with zero attached hydrogens (tertiary/aromatic N) is 2. The number of aliphatic hydroxyl groups is 5. The number of hydrogen-bond donors (Lipinski definition) is 5. The van der Waals surface area contributed by atoms with Gasteiger partial charge in [-0.15, -0.1) is 13.2 Å². The molecule has 28 heavy (non-hydrogen) atoms. The molecule has 3 rings (SSSR count).